The van der Waals surface area contributed by atoms with Crippen LogP contribution in [0.25, 0.3) is 0 Å². The molecular formula is C19H28N6. The number of nitrogen functional groups attached to an aromatic ring is 1. The molecule has 0 atom stereocenters. The number of benzene rings is 1. The summed E-state index contributed by atoms with van der Waals surface area (Å²) in [6, 6.07) is 8.92. The van der Waals surface area contributed by atoms with Crippen LogP contribution in [-0.2, 0) is 6.54 Å². The first kappa shape index (κ1) is 17.5. The molecule has 134 valence electrons. The highest BCUT2D eigenvalue weighted by Crippen LogP contribution is 2.29. The van der Waals surface area contributed by atoms with Gasteiger partial charge in [-0.1, -0.05) is 29.8 Å². The molecular weight excluding hydrogens is 312 g/mol. The summed E-state index contributed by atoms with van der Waals surface area (Å²) in [4.78, 5) is 13.3. The molecule has 1 aliphatic heterocycles. The van der Waals surface area contributed by atoms with Gasteiger partial charge in [0.2, 0.25) is 0 Å². The lowest BCUT2D eigenvalue weighted by molar-refractivity contribution is 0.252. The van der Waals surface area contributed by atoms with Crippen LogP contribution in [0.4, 0.5) is 17.3 Å². The molecule has 1 aliphatic rings. The number of hydrogen-bond donors (Lipinski definition) is 2. The highest BCUT2D eigenvalue weighted by atomic mass is 15.2. The van der Waals surface area contributed by atoms with E-state index in [0.29, 0.717) is 24.1 Å². The Hall–Kier alpha value is -2.34. The predicted molar refractivity (Wildman–Crippen MR) is 104 cm³/mol. The molecule has 0 unspecified atom stereocenters. The molecule has 0 amide bonds. The topological polar surface area (TPSA) is 70.3 Å². The Balaban J connectivity index is 1.69. The minimum Gasteiger partial charge on any atom is -0.393 e. The molecule has 0 radical (unpaired) electrons. The molecule has 1 fully saturated rings. The van der Waals surface area contributed by atoms with E-state index in [4.69, 9.17) is 5.73 Å². The van der Waals surface area contributed by atoms with Gasteiger partial charge in [0, 0.05) is 19.6 Å². The van der Waals surface area contributed by atoms with Crippen LogP contribution in [0, 0.1) is 6.92 Å². The van der Waals surface area contributed by atoms with E-state index in [1.54, 1.807) is 6.33 Å². The molecule has 6 heteroatoms. The summed E-state index contributed by atoms with van der Waals surface area (Å²) in [6.07, 6.45) is 3.85. The Morgan fingerprint density at radius 1 is 1.20 bits per heavy atom. The third-order valence-electron chi connectivity index (χ3n) is 5.01. The van der Waals surface area contributed by atoms with E-state index in [9.17, 15) is 0 Å². The zero-order valence-electron chi connectivity index (χ0n) is 15.4. The zero-order valence-corrected chi connectivity index (χ0v) is 15.4. The lowest BCUT2D eigenvalue weighted by Crippen LogP contribution is -2.42. The first-order chi connectivity index (χ1) is 12.0. The van der Waals surface area contributed by atoms with Crippen molar-refractivity contribution < 1.29 is 0 Å². The number of aromatic nitrogens is 2. The highest BCUT2D eigenvalue weighted by molar-refractivity contribution is 5.75. The molecule has 2 aromatic rings. The fourth-order valence-electron chi connectivity index (χ4n) is 3.26. The van der Waals surface area contributed by atoms with Gasteiger partial charge < -0.3 is 20.9 Å². The van der Waals surface area contributed by atoms with Gasteiger partial charge in [-0.3, -0.25) is 0 Å². The second kappa shape index (κ2) is 7.70. The van der Waals surface area contributed by atoms with Crippen molar-refractivity contribution in [3.05, 3.63) is 41.7 Å². The standard InChI is InChI=1S/C19H28N6/c1-14-4-6-15(7-5-14)12-21-18-17(20)19(23-13-22-18)25(3)16-8-10-24(2)11-9-16/h4-7,13,16H,8-12,20H2,1-3H3,(H,21,22,23). The van der Waals surface area contributed by atoms with E-state index in [1.165, 1.54) is 11.1 Å². The van der Waals surface area contributed by atoms with Crippen molar-refractivity contribution in [3.63, 3.8) is 0 Å². The van der Waals surface area contributed by atoms with Gasteiger partial charge >= 0.3 is 0 Å². The molecule has 1 aromatic carbocycles. The smallest absolute Gasteiger partial charge is 0.157 e. The number of nitrogens with one attached hydrogen (secondary N) is 1. The second-order valence-electron chi connectivity index (χ2n) is 6.94. The quantitative estimate of drug-likeness (QED) is 0.871. The normalized spacial score (nSPS) is 16.0. The Labute approximate surface area is 150 Å². The van der Waals surface area contributed by atoms with Gasteiger partial charge in [0.1, 0.15) is 12.0 Å². The summed E-state index contributed by atoms with van der Waals surface area (Å²) < 4.78 is 0. The predicted octanol–water partition coefficient (Wildman–Crippen LogP) is 2.51. The van der Waals surface area contributed by atoms with Crippen LogP contribution in [0.2, 0.25) is 0 Å². The van der Waals surface area contributed by atoms with Crippen LogP contribution in [-0.4, -0.2) is 48.1 Å². The van der Waals surface area contributed by atoms with Crippen molar-refractivity contribution in [1.29, 1.82) is 0 Å². The fourth-order valence-corrected chi connectivity index (χ4v) is 3.26. The number of nitrogens with two attached hydrogens (primary N) is 1. The van der Waals surface area contributed by atoms with Crippen LogP contribution in [0.1, 0.15) is 24.0 Å². The summed E-state index contributed by atoms with van der Waals surface area (Å²) in [7, 11) is 4.25. The minimum atomic E-state index is 0.471. The molecule has 0 spiro atoms. The van der Waals surface area contributed by atoms with Crippen molar-refractivity contribution in [2.75, 3.05) is 43.1 Å². The number of rotatable bonds is 5. The third-order valence-corrected chi connectivity index (χ3v) is 5.01. The Kier molecular flexibility index (Phi) is 5.38. The lowest BCUT2D eigenvalue weighted by atomic mass is 10.0. The largest absolute Gasteiger partial charge is 0.393 e. The van der Waals surface area contributed by atoms with Crippen molar-refractivity contribution in [2.45, 2.75) is 32.4 Å². The van der Waals surface area contributed by atoms with Crippen LogP contribution >= 0.6 is 0 Å². The SMILES string of the molecule is Cc1ccc(CNc2ncnc(N(C)C3CCN(C)CC3)c2N)cc1. The summed E-state index contributed by atoms with van der Waals surface area (Å²) in [5, 5.41) is 3.34. The number of aryl methyl sites for hydroxylation is 1. The second-order valence-corrected chi connectivity index (χ2v) is 6.94. The number of likely N-dealkylation sites (tertiary alicyclic amines) is 1. The maximum absolute atomic E-state index is 6.37. The van der Waals surface area contributed by atoms with Crippen LogP contribution in [0.5, 0.6) is 0 Å². The average Bonchev–Trinajstić information content (AvgIpc) is 2.62. The van der Waals surface area contributed by atoms with Gasteiger partial charge in [-0.05, 0) is 45.5 Å². The number of piperidine rings is 1. The van der Waals surface area contributed by atoms with E-state index in [1.807, 2.05) is 0 Å². The van der Waals surface area contributed by atoms with Crippen molar-refractivity contribution in [3.8, 4) is 0 Å². The van der Waals surface area contributed by atoms with Gasteiger partial charge in [-0.2, -0.15) is 0 Å². The molecule has 6 nitrogen and oxygen atoms in total. The maximum atomic E-state index is 6.37. The van der Waals surface area contributed by atoms with Crippen LogP contribution < -0.4 is 16.0 Å². The summed E-state index contributed by atoms with van der Waals surface area (Å²) in [5.74, 6) is 1.52. The van der Waals surface area contributed by atoms with E-state index < -0.39 is 0 Å². The zero-order chi connectivity index (χ0) is 17.8. The van der Waals surface area contributed by atoms with Crippen LogP contribution in [0.15, 0.2) is 30.6 Å². The molecule has 0 saturated carbocycles. The van der Waals surface area contributed by atoms with E-state index in [-0.39, 0.29) is 0 Å². The van der Waals surface area contributed by atoms with Crippen molar-refractivity contribution >= 4 is 17.3 Å². The Bertz CT molecular complexity index is 692. The summed E-state index contributed by atoms with van der Waals surface area (Å²) in [5.41, 5.74) is 9.45. The Morgan fingerprint density at radius 2 is 1.88 bits per heavy atom. The highest BCUT2D eigenvalue weighted by Gasteiger charge is 2.23. The first-order valence-corrected chi connectivity index (χ1v) is 8.86. The third kappa shape index (κ3) is 4.20. The number of hydrogen-bond acceptors (Lipinski definition) is 6. The molecule has 0 aliphatic carbocycles. The molecule has 25 heavy (non-hydrogen) atoms. The van der Waals surface area contributed by atoms with Gasteiger partial charge in [0.05, 0.1) is 0 Å². The van der Waals surface area contributed by atoms with Crippen molar-refractivity contribution in [2.24, 2.45) is 0 Å². The minimum absolute atomic E-state index is 0.471. The average molecular weight is 340 g/mol. The fraction of sp³-hybridized carbons (Fsp3) is 0.474. The molecule has 1 aromatic heterocycles. The van der Waals surface area contributed by atoms with Crippen molar-refractivity contribution in [1.82, 2.24) is 14.9 Å². The van der Waals surface area contributed by atoms with Gasteiger partial charge in [-0.15, -0.1) is 0 Å². The number of anilines is 3. The molecule has 3 rings (SSSR count). The molecule has 1 saturated heterocycles. The van der Waals surface area contributed by atoms with Crippen LogP contribution in [0.3, 0.4) is 0 Å². The summed E-state index contributed by atoms with van der Waals surface area (Å²) in [6.45, 7) is 5.00. The van der Waals surface area contributed by atoms with Gasteiger partial charge in [-0.25, -0.2) is 9.97 Å². The Morgan fingerprint density at radius 3 is 2.56 bits per heavy atom. The van der Waals surface area contributed by atoms with E-state index in [2.05, 4.69) is 70.4 Å². The number of nitrogens with zero attached hydrogens (tertiary/aromatic N) is 4. The molecule has 3 N–H and O–H groups in total. The van der Waals surface area contributed by atoms with E-state index >= 15 is 0 Å². The molecule has 0 bridgehead atoms. The molecule has 2 heterocycles. The lowest BCUT2D eigenvalue weighted by Gasteiger charge is -2.36. The monoisotopic (exact) mass is 340 g/mol. The van der Waals surface area contributed by atoms with Gasteiger partial charge in [0.15, 0.2) is 11.6 Å². The first-order valence-electron chi connectivity index (χ1n) is 8.86. The van der Waals surface area contributed by atoms with Gasteiger partial charge in [0.25, 0.3) is 0 Å². The van der Waals surface area contributed by atoms with E-state index in [0.717, 1.165) is 31.7 Å². The maximum Gasteiger partial charge on any atom is 0.157 e. The summed E-state index contributed by atoms with van der Waals surface area (Å²) >= 11 is 0.